The number of nitrogens with one attached hydrogen (secondary N) is 1. The number of aldehydes is 1. The van der Waals surface area contributed by atoms with Crippen molar-refractivity contribution in [2.45, 2.75) is 78.6 Å². The number of methoxy groups -OCH3 is 1. The number of primary amides is 1. The van der Waals surface area contributed by atoms with Crippen LogP contribution in [0.5, 0.6) is 5.75 Å². The third-order valence-electron chi connectivity index (χ3n) is 7.26. The molecule has 0 saturated heterocycles. The Morgan fingerprint density at radius 2 is 1.89 bits per heavy atom. The summed E-state index contributed by atoms with van der Waals surface area (Å²) in [5.74, 6) is -1.28. The number of hydrogen-bond donors (Lipinski definition) is 4. The molecule has 2 amide bonds. The van der Waals surface area contributed by atoms with Gasteiger partial charge in [-0.25, -0.2) is 4.79 Å². The summed E-state index contributed by atoms with van der Waals surface area (Å²) >= 11 is 0. The molecule has 0 aliphatic carbocycles. The number of aliphatic hydroxyl groups excluding tert-OH is 1. The predicted octanol–water partition coefficient (Wildman–Crippen LogP) is 4.19. The maximum Gasteiger partial charge on any atom is 0.405 e. The van der Waals surface area contributed by atoms with Gasteiger partial charge in [-0.1, -0.05) is 26.0 Å². The molecule has 2 bridgehead atoms. The van der Waals surface area contributed by atoms with E-state index in [1.807, 2.05) is 20.8 Å². The largest absolute Gasteiger partial charge is 0.508 e. The zero-order chi connectivity index (χ0) is 28.6. The third-order valence-corrected chi connectivity index (χ3v) is 7.26. The molecule has 38 heavy (non-hydrogen) atoms. The quantitative estimate of drug-likeness (QED) is 0.338. The van der Waals surface area contributed by atoms with E-state index in [1.165, 1.54) is 6.07 Å². The van der Waals surface area contributed by atoms with Crippen molar-refractivity contribution in [1.29, 1.82) is 0 Å². The number of carbonyl (C=O) groups is 3. The molecule has 9 heteroatoms. The summed E-state index contributed by atoms with van der Waals surface area (Å²) in [6, 6.07) is 3.21. The first kappa shape index (κ1) is 31.1. The van der Waals surface area contributed by atoms with Gasteiger partial charge in [0.25, 0.3) is 5.91 Å². The number of anilines is 1. The molecule has 1 aromatic rings. The van der Waals surface area contributed by atoms with Crippen molar-refractivity contribution in [3.63, 3.8) is 0 Å². The highest BCUT2D eigenvalue weighted by atomic mass is 16.6. The average molecular weight is 531 g/mol. The number of benzene rings is 1. The van der Waals surface area contributed by atoms with Crippen LogP contribution >= 0.6 is 0 Å². The standard InChI is InChI=1S/C29H42N2O7/c1-16-10-22-13-23(33)14-24(20(22)5)31-28(35)17(2)8-7-9-21(15-32)27(38-29(30)36)19(4)12-18(3)26(34)25(11-16)37-6/h8,12-16,18,21,25-27,33-34H,7,9-11H2,1-6H3,(H2,30,36)(H,31,35)/b17-8+,19-12+/t16-,18+,21-,25+,26-,27+/m1/s1. The first-order chi connectivity index (χ1) is 17.9. The summed E-state index contributed by atoms with van der Waals surface area (Å²) in [5, 5.41) is 24.3. The molecule has 0 unspecified atom stereocenters. The van der Waals surface area contributed by atoms with Crippen molar-refractivity contribution in [2.24, 2.45) is 23.5 Å². The Balaban J connectivity index is 2.53. The fraction of sp³-hybridized carbons (Fsp3) is 0.552. The van der Waals surface area contributed by atoms with Crippen LogP contribution in [0.1, 0.15) is 58.1 Å². The minimum Gasteiger partial charge on any atom is -0.508 e. The van der Waals surface area contributed by atoms with Gasteiger partial charge in [0, 0.05) is 30.4 Å². The van der Waals surface area contributed by atoms with Crippen LogP contribution in [0.15, 0.2) is 35.4 Å². The van der Waals surface area contributed by atoms with Crippen LogP contribution in [0.3, 0.4) is 0 Å². The molecular weight excluding hydrogens is 488 g/mol. The normalized spacial score (nSPS) is 30.8. The minimum absolute atomic E-state index is 0.0486. The molecule has 210 valence electrons. The molecule has 1 aliphatic rings. The van der Waals surface area contributed by atoms with Gasteiger partial charge in [0.15, 0.2) is 0 Å². The van der Waals surface area contributed by atoms with E-state index in [0.717, 1.165) is 17.4 Å². The SMILES string of the molecule is CO[C@H]1C[C@H](C)Cc2cc(O)cc(c2C)NC(=O)/C(C)=C/CC[C@H](C=O)[C@@H](OC(N)=O)/C(C)=C/[C@H](C)[C@H]1O. The highest BCUT2D eigenvalue weighted by Crippen LogP contribution is 2.30. The van der Waals surface area contributed by atoms with E-state index >= 15 is 0 Å². The number of phenols is 1. The summed E-state index contributed by atoms with van der Waals surface area (Å²) < 4.78 is 11.0. The molecule has 1 aromatic carbocycles. The van der Waals surface area contributed by atoms with Crippen LogP contribution < -0.4 is 11.1 Å². The molecule has 0 fully saturated rings. The van der Waals surface area contributed by atoms with Gasteiger partial charge in [-0.05, 0) is 75.1 Å². The smallest absolute Gasteiger partial charge is 0.405 e. The van der Waals surface area contributed by atoms with Crippen LogP contribution in [0.25, 0.3) is 0 Å². The third kappa shape index (κ3) is 8.43. The topological polar surface area (TPSA) is 148 Å². The van der Waals surface area contributed by atoms with Gasteiger partial charge in [0.2, 0.25) is 0 Å². The Bertz CT molecular complexity index is 1070. The van der Waals surface area contributed by atoms with Gasteiger partial charge in [0.05, 0.1) is 18.1 Å². The lowest BCUT2D eigenvalue weighted by Crippen LogP contribution is -2.36. The number of rotatable bonds is 3. The van der Waals surface area contributed by atoms with Crippen molar-refractivity contribution < 1.29 is 34.1 Å². The Kier molecular flexibility index (Phi) is 11.5. The van der Waals surface area contributed by atoms with E-state index in [2.05, 4.69) is 5.32 Å². The summed E-state index contributed by atoms with van der Waals surface area (Å²) in [7, 11) is 1.55. The average Bonchev–Trinajstić information content (AvgIpc) is 2.85. The highest BCUT2D eigenvalue weighted by Gasteiger charge is 2.30. The fourth-order valence-corrected chi connectivity index (χ4v) is 5.02. The summed E-state index contributed by atoms with van der Waals surface area (Å²) in [6.45, 7) is 9.17. The second kappa shape index (κ2) is 14.1. The summed E-state index contributed by atoms with van der Waals surface area (Å²) in [5.41, 5.74) is 8.60. The molecule has 0 radical (unpaired) electrons. The van der Waals surface area contributed by atoms with Gasteiger partial charge >= 0.3 is 6.09 Å². The second-order valence-corrected chi connectivity index (χ2v) is 10.4. The van der Waals surface area contributed by atoms with E-state index in [4.69, 9.17) is 15.2 Å². The van der Waals surface area contributed by atoms with Crippen LogP contribution in [0.2, 0.25) is 0 Å². The number of carbonyl (C=O) groups excluding carboxylic acids is 3. The first-order valence-corrected chi connectivity index (χ1v) is 13.0. The number of nitrogens with two attached hydrogens (primary N) is 1. The molecular formula is C29H42N2O7. The Morgan fingerprint density at radius 1 is 1.21 bits per heavy atom. The lowest BCUT2D eigenvalue weighted by atomic mass is 9.86. The molecule has 9 nitrogen and oxygen atoms in total. The number of ether oxygens (including phenoxy) is 2. The van der Waals surface area contributed by atoms with Crippen LogP contribution in [-0.4, -0.2) is 53.9 Å². The van der Waals surface area contributed by atoms with Gasteiger partial charge < -0.3 is 35.5 Å². The summed E-state index contributed by atoms with van der Waals surface area (Å²) in [6.07, 6.45) is 2.76. The number of aliphatic hydroxyl groups is 1. The number of amides is 2. The van der Waals surface area contributed by atoms with Crippen molar-refractivity contribution in [3.05, 3.63) is 46.6 Å². The van der Waals surface area contributed by atoms with Crippen molar-refractivity contribution in [2.75, 3.05) is 12.4 Å². The Labute approximate surface area is 225 Å². The molecule has 0 aromatic heterocycles. The van der Waals surface area contributed by atoms with Gasteiger partial charge in [-0.2, -0.15) is 0 Å². The van der Waals surface area contributed by atoms with Crippen LogP contribution in [-0.2, 0) is 25.5 Å². The zero-order valence-electron chi connectivity index (χ0n) is 23.2. The second-order valence-electron chi connectivity index (χ2n) is 10.4. The Hall–Kier alpha value is -3.17. The zero-order valence-corrected chi connectivity index (χ0v) is 23.2. The van der Waals surface area contributed by atoms with Crippen LogP contribution in [0, 0.1) is 24.7 Å². The van der Waals surface area contributed by atoms with E-state index in [1.54, 1.807) is 39.2 Å². The van der Waals surface area contributed by atoms with Crippen molar-refractivity contribution in [1.82, 2.24) is 0 Å². The molecule has 0 saturated carbocycles. The van der Waals surface area contributed by atoms with Crippen molar-refractivity contribution in [3.8, 4) is 5.75 Å². The maximum atomic E-state index is 12.9. The van der Waals surface area contributed by atoms with E-state index < -0.39 is 30.3 Å². The molecule has 2 rings (SSSR count). The monoisotopic (exact) mass is 530 g/mol. The summed E-state index contributed by atoms with van der Waals surface area (Å²) in [4.78, 5) is 36.5. The predicted molar refractivity (Wildman–Crippen MR) is 146 cm³/mol. The molecule has 0 spiro atoms. The molecule has 6 atom stereocenters. The first-order valence-electron chi connectivity index (χ1n) is 13.0. The fourth-order valence-electron chi connectivity index (χ4n) is 5.02. The Morgan fingerprint density at radius 3 is 2.50 bits per heavy atom. The van der Waals surface area contributed by atoms with Crippen LogP contribution in [0.4, 0.5) is 10.5 Å². The van der Waals surface area contributed by atoms with E-state index in [0.29, 0.717) is 42.5 Å². The molecule has 1 heterocycles. The number of allylic oxidation sites excluding steroid dienone is 1. The number of fused-ring (bicyclic) bond motifs is 2. The molecule has 5 N–H and O–H groups in total. The van der Waals surface area contributed by atoms with Gasteiger partial charge in [0.1, 0.15) is 18.1 Å². The van der Waals surface area contributed by atoms with E-state index in [-0.39, 0.29) is 23.5 Å². The number of aromatic hydroxyl groups is 1. The van der Waals surface area contributed by atoms with E-state index in [9.17, 15) is 24.6 Å². The maximum absolute atomic E-state index is 12.9. The number of phenolic OH excluding ortho intramolecular Hbond substituents is 1. The lowest BCUT2D eigenvalue weighted by molar-refractivity contribution is -0.114. The lowest BCUT2D eigenvalue weighted by Gasteiger charge is -2.29. The van der Waals surface area contributed by atoms with Gasteiger partial charge in [-0.15, -0.1) is 0 Å². The highest BCUT2D eigenvalue weighted by molar-refractivity contribution is 6.03. The minimum atomic E-state index is -1.00. The molecule has 1 aliphatic heterocycles. The van der Waals surface area contributed by atoms with Gasteiger partial charge in [-0.3, -0.25) is 4.79 Å². The number of hydrogen-bond acceptors (Lipinski definition) is 7. The van der Waals surface area contributed by atoms with Crippen molar-refractivity contribution >= 4 is 24.0 Å².